The normalized spacial score (nSPS) is 14.0. The van der Waals surface area contributed by atoms with E-state index in [2.05, 4.69) is 17.0 Å². The van der Waals surface area contributed by atoms with Crippen LogP contribution in [0.15, 0.2) is 4.99 Å². The Hall–Kier alpha value is -1.39. The van der Waals surface area contributed by atoms with Crippen LogP contribution in [0.2, 0.25) is 0 Å². The Morgan fingerprint density at radius 1 is 1.36 bits per heavy atom. The Labute approximate surface area is 84.2 Å². The van der Waals surface area contributed by atoms with E-state index in [-0.39, 0.29) is 11.8 Å². The van der Waals surface area contributed by atoms with Crippen molar-refractivity contribution >= 4 is 18.5 Å². The van der Waals surface area contributed by atoms with Crippen molar-refractivity contribution in [3.8, 4) is 0 Å². The molecule has 0 aliphatic heterocycles. The first-order valence-electron chi connectivity index (χ1n) is 4.37. The highest BCUT2D eigenvalue weighted by Crippen LogP contribution is 1.92. The number of likely N-dealkylation sites (N-methyl/N-ethyl adjacent to an activating group) is 1. The topological polar surface area (TPSA) is 61.8 Å². The standard InChI is InChI=1S/C9H17N3O2/c1-6(10-3)8(13)11-7(2)9(14)12(4)5/h6-7H,3H2,1-2,4-5H3,(H,11,13)/t6-,7-/m1/s1. The summed E-state index contributed by atoms with van der Waals surface area (Å²) in [4.78, 5) is 27.6. The summed E-state index contributed by atoms with van der Waals surface area (Å²) >= 11 is 0. The van der Waals surface area contributed by atoms with Gasteiger partial charge in [-0.05, 0) is 20.6 Å². The molecular formula is C9H17N3O2. The predicted molar refractivity (Wildman–Crippen MR) is 55.3 cm³/mol. The number of aliphatic imine (C=N–C) groups is 1. The van der Waals surface area contributed by atoms with Gasteiger partial charge in [0.05, 0.1) is 0 Å². The molecule has 0 heterocycles. The van der Waals surface area contributed by atoms with Crippen molar-refractivity contribution in [2.45, 2.75) is 25.9 Å². The highest BCUT2D eigenvalue weighted by molar-refractivity contribution is 5.89. The highest BCUT2D eigenvalue weighted by Gasteiger charge is 2.19. The molecule has 1 N–H and O–H groups in total. The van der Waals surface area contributed by atoms with Gasteiger partial charge in [-0.25, -0.2) is 0 Å². The van der Waals surface area contributed by atoms with Crippen molar-refractivity contribution in [1.82, 2.24) is 10.2 Å². The van der Waals surface area contributed by atoms with E-state index in [0.29, 0.717) is 0 Å². The predicted octanol–water partition coefficient (Wildman–Crippen LogP) is -0.332. The van der Waals surface area contributed by atoms with Gasteiger partial charge in [-0.2, -0.15) is 0 Å². The summed E-state index contributed by atoms with van der Waals surface area (Å²) in [6.07, 6.45) is 0. The molecule has 5 heteroatoms. The summed E-state index contributed by atoms with van der Waals surface area (Å²) in [6.45, 7) is 6.52. The Morgan fingerprint density at radius 2 is 1.86 bits per heavy atom. The van der Waals surface area contributed by atoms with Crippen LogP contribution in [0.4, 0.5) is 0 Å². The van der Waals surface area contributed by atoms with Crippen LogP contribution >= 0.6 is 0 Å². The number of nitrogens with zero attached hydrogens (tertiary/aromatic N) is 2. The summed E-state index contributed by atoms with van der Waals surface area (Å²) in [5, 5.41) is 2.55. The molecule has 0 rings (SSSR count). The molecule has 2 amide bonds. The number of hydrogen-bond acceptors (Lipinski definition) is 3. The third-order valence-corrected chi connectivity index (χ3v) is 1.82. The molecule has 0 saturated heterocycles. The average Bonchev–Trinajstić information content (AvgIpc) is 2.14. The minimum atomic E-state index is -0.526. The average molecular weight is 199 g/mol. The zero-order chi connectivity index (χ0) is 11.3. The molecule has 0 fully saturated rings. The van der Waals surface area contributed by atoms with Crippen LogP contribution in [-0.4, -0.2) is 49.6 Å². The molecule has 0 radical (unpaired) electrons. The number of rotatable bonds is 4. The van der Waals surface area contributed by atoms with Crippen LogP contribution in [0.3, 0.4) is 0 Å². The van der Waals surface area contributed by atoms with Gasteiger partial charge < -0.3 is 10.2 Å². The van der Waals surface area contributed by atoms with E-state index in [1.54, 1.807) is 27.9 Å². The molecule has 0 bridgehead atoms. The maximum absolute atomic E-state index is 11.4. The molecule has 0 aromatic heterocycles. The minimum Gasteiger partial charge on any atom is -0.347 e. The maximum Gasteiger partial charge on any atom is 0.245 e. The molecule has 5 nitrogen and oxygen atoms in total. The van der Waals surface area contributed by atoms with Gasteiger partial charge in [0.1, 0.15) is 12.1 Å². The summed E-state index contributed by atoms with van der Waals surface area (Å²) in [5.41, 5.74) is 0. The molecule has 0 aromatic rings. The van der Waals surface area contributed by atoms with Crippen LogP contribution < -0.4 is 5.32 Å². The minimum absolute atomic E-state index is 0.144. The quantitative estimate of drug-likeness (QED) is 0.630. The monoisotopic (exact) mass is 199 g/mol. The number of hydrogen-bond donors (Lipinski definition) is 1. The van der Waals surface area contributed by atoms with Crippen molar-refractivity contribution < 1.29 is 9.59 Å². The molecule has 0 aliphatic carbocycles. The molecule has 14 heavy (non-hydrogen) atoms. The van der Waals surface area contributed by atoms with Crippen LogP contribution in [0.25, 0.3) is 0 Å². The lowest BCUT2D eigenvalue weighted by Crippen LogP contribution is -2.46. The van der Waals surface area contributed by atoms with Crippen LogP contribution in [0.1, 0.15) is 13.8 Å². The fourth-order valence-corrected chi connectivity index (χ4v) is 0.866. The van der Waals surface area contributed by atoms with Crippen molar-refractivity contribution in [2.75, 3.05) is 14.1 Å². The fourth-order valence-electron chi connectivity index (χ4n) is 0.866. The van der Waals surface area contributed by atoms with E-state index in [9.17, 15) is 9.59 Å². The molecule has 0 aromatic carbocycles. The molecule has 2 atom stereocenters. The van der Waals surface area contributed by atoms with Gasteiger partial charge in [-0.3, -0.25) is 14.6 Å². The van der Waals surface area contributed by atoms with E-state index in [0.717, 1.165) is 0 Å². The lowest BCUT2D eigenvalue weighted by Gasteiger charge is -2.18. The third-order valence-electron chi connectivity index (χ3n) is 1.82. The van der Waals surface area contributed by atoms with Crippen LogP contribution in [-0.2, 0) is 9.59 Å². The van der Waals surface area contributed by atoms with E-state index < -0.39 is 12.1 Å². The Morgan fingerprint density at radius 3 is 2.21 bits per heavy atom. The summed E-state index contributed by atoms with van der Waals surface area (Å²) < 4.78 is 0. The van der Waals surface area contributed by atoms with Gasteiger partial charge in [-0.1, -0.05) is 0 Å². The summed E-state index contributed by atoms with van der Waals surface area (Å²) in [5.74, 6) is -0.433. The highest BCUT2D eigenvalue weighted by atomic mass is 16.2. The van der Waals surface area contributed by atoms with Crippen molar-refractivity contribution in [2.24, 2.45) is 4.99 Å². The van der Waals surface area contributed by atoms with E-state index >= 15 is 0 Å². The zero-order valence-corrected chi connectivity index (χ0v) is 9.07. The Kier molecular flexibility index (Phi) is 4.83. The molecule has 0 aliphatic rings. The van der Waals surface area contributed by atoms with Gasteiger partial charge in [-0.15, -0.1) is 0 Å². The fraction of sp³-hybridized carbons (Fsp3) is 0.667. The molecule has 80 valence electrons. The molecular weight excluding hydrogens is 182 g/mol. The first-order valence-corrected chi connectivity index (χ1v) is 4.37. The second kappa shape index (κ2) is 5.36. The van der Waals surface area contributed by atoms with E-state index in [1.165, 1.54) is 4.90 Å². The van der Waals surface area contributed by atoms with Gasteiger partial charge in [0, 0.05) is 14.1 Å². The van der Waals surface area contributed by atoms with Crippen molar-refractivity contribution in [3.63, 3.8) is 0 Å². The lowest BCUT2D eigenvalue weighted by molar-refractivity contribution is -0.134. The second-order valence-corrected chi connectivity index (χ2v) is 3.32. The molecule has 0 unspecified atom stereocenters. The Balaban J connectivity index is 4.19. The maximum atomic E-state index is 11.4. The molecule has 0 saturated carbocycles. The largest absolute Gasteiger partial charge is 0.347 e. The zero-order valence-electron chi connectivity index (χ0n) is 9.07. The first kappa shape index (κ1) is 12.6. The third kappa shape index (κ3) is 3.55. The molecule has 0 spiro atoms. The smallest absolute Gasteiger partial charge is 0.245 e. The summed E-state index contributed by atoms with van der Waals surface area (Å²) in [7, 11) is 3.28. The van der Waals surface area contributed by atoms with Crippen molar-refractivity contribution in [1.29, 1.82) is 0 Å². The lowest BCUT2D eigenvalue weighted by atomic mass is 10.2. The van der Waals surface area contributed by atoms with E-state index in [1.807, 2.05) is 0 Å². The van der Waals surface area contributed by atoms with Crippen LogP contribution in [0.5, 0.6) is 0 Å². The first-order chi connectivity index (χ1) is 6.40. The number of carbonyl (C=O) groups excluding carboxylic acids is 2. The van der Waals surface area contributed by atoms with E-state index in [4.69, 9.17) is 0 Å². The number of amides is 2. The Bertz CT molecular complexity index is 238. The number of carbonyl (C=O) groups is 2. The number of nitrogens with one attached hydrogen (secondary N) is 1. The van der Waals surface area contributed by atoms with Gasteiger partial charge >= 0.3 is 0 Å². The second-order valence-electron chi connectivity index (χ2n) is 3.32. The SMILES string of the molecule is C=N[C@H](C)C(=O)N[C@H](C)C(=O)N(C)C. The van der Waals surface area contributed by atoms with Crippen LogP contribution in [0, 0.1) is 0 Å². The van der Waals surface area contributed by atoms with Crippen molar-refractivity contribution in [3.05, 3.63) is 0 Å². The van der Waals surface area contributed by atoms with Gasteiger partial charge in [0.25, 0.3) is 0 Å². The summed E-state index contributed by atoms with van der Waals surface area (Å²) in [6, 6.07) is -1.05. The van der Waals surface area contributed by atoms with Gasteiger partial charge in [0.2, 0.25) is 11.8 Å². The van der Waals surface area contributed by atoms with Gasteiger partial charge in [0.15, 0.2) is 0 Å².